The van der Waals surface area contributed by atoms with Crippen LogP contribution in [0.2, 0.25) is 0 Å². The smallest absolute Gasteiger partial charge is 0.157 e. The summed E-state index contributed by atoms with van der Waals surface area (Å²) in [7, 11) is 0. The average molecular weight is 501 g/mol. The van der Waals surface area contributed by atoms with Crippen molar-refractivity contribution in [2.24, 2.45) is 17.8 Å². The van der Waals surface area contributed by atoms with Crippen molar-refractivity contribution in [2.45, 2.75) is 46.1 Å². The van der Waals surface area contributed by atoms with Gasteiger partial charge >= 0.3 is 0 Å². The van der Waals surface area contributed by atoms with Gasteiger partial charge < -0.3 is 30.3 Å². The summed E-state index contributed by atoms with van der Waals surface area (Å²) in [5.74, 6) is -5.68. The molecule has 3 atom stereocenters. The van der Waals surface area contributed by atoms with Crippen LogP contribution in [0.25, 0.3) is 0 Å². The third kappa shape index (κ3) is 3.92. The lowest BCUT2D eigenvalue weighted by Crippen LogP contribution is -2.35. The van der Waals surface area contributed by atoms with E-state index in [1.807, 2.05) is 27.7 Å². The second-order valence-electron chi connectivity index (χ2n) is 9.62. The van der Waals surface area contributed by atoms with Gasteiger partial charge in [0.15, 0.2) is 25.1 Å². The van der Waals surface area contributed by atoms with Crippen LogP contribution < -0.4 is 4.74 Å². The molecule has 3 rings (SSSR count). The zero-order valence-corrected chi connectivity index (χ0v) is 20.2. The first-order valence-electron chi connectivity index (χ1n) is 11.4. The maximum atomic E-state index is 12.0. The van der Waals surface area contributed by atoms with E-state index >= 15 is 0 Å². The van der Waals surface area contributed by atoms with E-state index in [1.54, 1.807) is 0 Å². The van der Waals surface area contributed by atoms with E-state index in [2.05, 4.69) is 0 Å². The summed E-state index contributed by atoms with van der Waals surface area (Å²) in [6, 6.07) is 0. The normalized spacial score (nSPS) is 19.0. The zero-order chi connectivity index (χ0) is 27.1. The van der Waals surface area contributed by atoms with Crippen LogP contribution >= 0.6 is 0 Å². The number of benzene rings is 2. The summed E-state index contributed by atoms with van der Waals surface area (Å²) >= 11 is 0. The Morgan fingerprint density at radius 3 is 1.47 bits per heavy atom. The number of aldehydes is 4. The molecule has 0 amide bonds. The quantitative estimate of drug-likeness (QED) is 0.333. The Hall–Kier alpha value is -4.08. The summed E-state index contributed by atoms with van der Waals surface area (Å²) in [5.41, 5.74) is -2.43. The van der Waals surface area contributed by atoms with Crippen LogP contribution in [0.1, 0.15) is 98.7 Å². The number of ether oxygens (including phenoxy) is 1. The van der Waals surface area contributed by atoms with E-state index in [1.165, 1.54) is 0 Å². The zero-order valence-electron chi connectivity index (χ0n) is 20.2. The van der Waals surface area contributed by atoms with Gasteiger partial charge in [0.05, 0.1) is 27.8 Å². The third-order valence-corrected chi connectivity index (χ3v) is 6.72. The van der Waals surface area contributed by atoms with E-state index in [9.17, 15) is 44.7 Å². The van der Waals surface area contributed by atoms with Crippen molar-refractivity contribution in [1.82, 2.24) is 0 Å². The number of phenolic OH excluding ortho intramolecular Hbond substituents is 5. The molecule has 0 aliphatic carbocycles. The SMILES string of the molecule is CC(C)CC1c2c(O)c(C=O)c(O)c(C=O)c2OC(c2c(O)c(C=O)c(O)c(C=O)c2O)[C@@H]1C(C)C. The molecule has 0 aromatic heterocycles. The first-order valence-corrected chi connectivity index (χ1v) is 11.4. The van der Waals surface area contributed by atoms with Crippen LogP contribution in [0.5, 0.6) is 34.5 Å². The Morgan fingerprint density at radius 2 is 1.08 bits per heavy atom. The highest BCUT2D eigenvalue weighted by atomic mass is 16.5. The number of hydrogen-bond donors (Lipinski definition) is 5. The predicted octanol–water partition coefficient (Wildman–Crippen LogP) is 4.00. The van der Waals surface area contributed by atoms with Crippen molar-refractivity contribution in [3.8, 4) is 34.5 Å². The molecule has 0 bridgehead atoms. The van der Waals surface area contributed by atoms with Gasteiger partial charge in [0.2, 0.25) is 0 Å². The minimum absolute atomic E-state index is 0.0218. The van der Waals surface area contributed by atoms with Crippen molar-refractivity contribution in [2.75, 3.05) is 0 Å². The van der Waals surface area contributed by atoms with Gasteiger partial charge in [0.25, 0.3) is 0 Å². The molecule has 5 N–H and O–H groups in total. The minimum Gasteiger partial charge on any atom is -0.507 e. The lowest BCUT2D eigenvalue weighted by Gasteiger charge is -2.44. The maximum Gasteiger partial charge on any atom is 0.157 e. The van der Waals surface area contributed by atoms with Gasteiger partial charge in [0.1, 0.15) is 40.6 Å². The molecule has 2 unspecified atom stereocenters. The van der Waals surface area contributed by atoms with Crippen LogP contribution in [0.15, 0.2) is 0 Å². The predicted molar refractivity (Wildman–Crippen MR) is 127 cm³/mol. The average Bonchev–Trinajstić information content (AvgIpc) is 2.79. The molecule has 36 heavy (non-hydrogen) atoms. The van der Waals surface area contributed by atoms with Crippen molar-refractivity contribution in [1.29, 1.82) is 0 Å². The molecular weight excluding hydrogens is 472 g/mol. The van der Waals surface area contributed by atoms with E-state index in [0.717, 1.165) is 0 Å². The van der Waals surface area contributed by atoms with Crippen LogP contribution in [-0.4, -0.2) is 50.7 Å². The number of rotatable bonds is 8. The standard InChI is InChI=1S/C26H28O10/c1-10(2)5-12-17(11(3)4)26(19-23(34)13(6-27)20(31)14(7-28)24(19)35)36-25-16(9-30)21(32)15(8-29)22(33)18(12)25/h6-12,17,26,31-35H,5H2,1-4H3/t12?,17-,26?/m1/s1. The number of carbonyl (C=O) groups is 4. The number of fused-ring (bicyclic) bond motifs is 1. The summed E-state index contributed by atoms with van der Waals surface area (Å²) in [6.07, 6.45) is -0.171. The Kier molecular flexibility index (Phi) is 7.28. The molecule has 0 saturated carbocycles. The van der Waals surface area contributed by atoms with E-state index < -0.39 is 68.9 Å². The van der Waals surface area contributed by atoms with Gasteiger partial charge in [0, 0.05) is 11.5 Å². The third-order valence-electron chi connectivity index (χ3n) is 6.72. The highest BCUT2D eigenvalue weighted by Gasteiger charge is 2.47. The monoisotopic (exact) mass is 500 g/mol. The topological polar surface area (TPSA) is 179 Å². The van der Waals surface area contributed by atoms with Gasteiger partial charge in [-0.1, -0.05) is 27.7 Å². The van der Waals surface area contributed by atoms with Gasteiger partial charge in [-0.3, -0.25) is 19.2 Å². The fourth-order valence-corrected chi connectivity index (χ4v) is 5.18. The molecule has 192 valence electrons. The first-order chi connectivity index (χ1) is 17.0. The van der Waals surface area contributed by atoms with Gasteiger partial charge in [-0.2, -0.15) is 0 Å². The van der Waals surface area contributed by atoms with Crippen molar-refractivity contribution in [3.63, 3.8) is 0 Å². The lowest BCUT2D eigenvalue weighted by molar-refractivity contribution is 0.0499. The molecule has 10 heteroatoms. The molecule has 0 radical (unpaired) electrons. The van der Waals surface area contributed by atoms with E-state index in [4.69, 9.17) is 4.74 Å². The van der Waals surface area contributed by atoms with Gasteiger partial charge in [-0.15, -0.1) is 0 Å². The number of aromatic hydroxyl groups is 5. The molecule has 1 aliphatic heterocycles. The van der Waals surface area contributed by atoms with Crippen LogP contribution in [-0.2, 0) is 0 Å². The molecule has 2 aromatic rings. The van der Waals surface area contributed by atoms with E-state index in [-0.39, 0.29) is 53.9 Å². The van der Waals surface area contributed by atoms with Crippen LogP contribution in [0.3, 0.4) is 0 Å². The lowest BCUT2D eigenvalue weighted by atomic mass is 9.68. The van der Waals surface area contributed by atoms with Crippen molar-refractivity contribution in [3.05, 3.63) is 33.4 Å². The van der Waals surface area contributed by atoms with Crippen molar-refractivity contribution >= 4 is 25.1 Å². The Labute approximate surface area is 206 Å². The van der Waals surface area contributed by atoms with Crippen molar-refractivity contribution < 1.29 is 49.4 Å². The number of hydrogen-bond acceptors (Lipinski definition) is 10. The van der Waals surface area contributed by atoms with Gasteiger partial charge in [-0.05, 0) is 24.2 Å². The largest absolute Gasteiger partial charge is 0.507 e. The summed E-state index contributed by atoms with van der Waals surface area (Å²) in [6.45, 7) is 7.44. The Bertz CT molecular complexity index is 1210. The molecular formula is C26H28O10. The van der Waals surface area contributed by atoms with E-state index in [0.29, 0.717) is 6.42 Å². The molecule has 10 nitrogen and oxygen atoms in total. The molecule has 0 saturated heterocycles. The highest BCUT2D eigenvalue weighted by molar-refractivity contribution is 5.96. The summed E-state index contributed by atoms with van der Waals surface area (Å²) in [5, 5.41) is 53.5. The van der Waals surface area contributed by atoms with Gasteiger partial charge in [-0.25, -0.2) is 0 Å². The molecule has 2 aromatic carbocycles. The fraction of sp³-hybridized carbons (Fsp3) is 0.385. The molecule has 1 heterocycles. The second-order valence-corrected chi connectivity index (χ2v) is 9.62. The first kappa shape index (κ1) is 26.5. The summed E-state index contributed by atoms with van der Waals surface area (Å²) in [4.78, 5) is 46.9. The van der Waals surface area contributed by atoms with Crippen LogP contribution in [0.4, 0.5) is 0 Å². The second kappa shape index (κ2) is 9.88. The fourth-order valence-electron chi connectivity index (χ4n) is 5.18. The maximum absolute atomic E-state index is 12.0. The number of carbonyl (C=O) groups excluding carboxylic acids is 4. The highest BCUT2D eigenvalue weighted by Crippen LogP contribution is 2.59. The Morgan fingerprint density at radius 1 is 0.667 bits per heavy atom. The van der Waals surface area contributed by atoms with Crippen LogP contribution in [0, 0.1) is 17.8 Å². The Balaban J connectivity index is 2.49. The molecule has 0 fully saturated rings. The molecule has 1 aliphatic rings. The molecule has 0 spiro atoms. The number of phenols is 5. The summed E-state index contributed by atoms with van der Waals surface area (Å²) < 4.78 is 6.09. The minimum atomic E-state index is -1.29.